The maximum absolute atomic E-state index is 12.1. The molecule has 0 aliphatic rings. The summed E-state index contributed by atoms with van der Waals surface area (Å²) in [5.41, 5.74) is 3.70. The molecule has 130 valence electrons. The van der Waals surface area contributed by atoms with Crippen molar-refractivity contribution < 1.29 is 9.53 Å². The van der Waals surface area contributed by atoms with Gasteiger partial charge in [-0.1, -0.05) is 29.0 Å². The molecule has 3 rings (SSSR count). The molecule has 0 spiro atoms. The molecule has 0 saturated carbocycles. The first-order chi connectivity index (χ1) is 12.0. The Balaban J connectivity index is 1.68. The average molecular weight is 356 g/mol. The normalized spacial score (nSPS) is 10.8. The van der Waals surface area contributed by atoms with Crippen molar-refractivity contribution in [2.75, 3.05) is 11.9 Å². The molecule has 2 aromatic carbocycles. The molecule has 5 nitrogen and oxygen atoms in total. The molecular formula is C19H20N2O3S. The highest BCUT2D eigenvalue weighted by atomic mass is 32.1. The number of carbonyl (C=O) groups is 1. The van der Waals surface area contributed by atoms with Crippen molar-refractivity contribution in [2.24, 2.45) is 0 Å². The van der Waals surface area contributed by atoms with Gasteiger partial charge < -0.3 is 10.1 Å². The first kappa shape index (κ1) is 17.2. The lowest BCUT2D eigenvalue weighted by atomic mass is 10.1. The first-order valence-corrected chi connectivity index (χ1v) is 8.93. The molecule has 1 heterocycles. The Morgan fingerprint density at radius 3 is 2.72 bits per heavy atom. The van der Waals surface area contributed by atoms with Crippen LogP contribution in [-0.2, 0) is 11.3 Å². The molecule has 0 aliphatic heterocycles. The van der Waals surface area contributed by atoms with E-state index < -0.39 is 0 Å². The SMILES string of the molecule is CCn1c(=O)sc2cc(NC(=O)COc3ccc(C)cc3C)ccc21. The van der Waals surface area contributed by atoms with Gasteiger partial charge in [0.1, 0.15) is 5.75 Å². The van der Waals surface area contributed by atoms with Crippen LogP contribution in [0.5, 0.6) is 5.75 Å². The maximum Gasteiger partial charge on any atom is 0.308 e. The second-order valence-electron chi connectivity index (χ2n) is 5.90. The molecule has 25 heavy (non-hydrogen) atoms. The molecule has 0 fully saturated rings. The van der Waals surface area contributed by atoms with E-state index in [0.717, 1.165) is 21.3 Å². The van der Waals surface area contributed by atoms with Crippen LogP contribution in [0.2, 0.25) is 0 Å². The number of rotatable bonds is 5. The fraction of sp³-hybridized carbons (Fsp3) is 0.263. The Kier molecular flexibility index (Phi) is 4.90. The summed E-state index contributed by atoms with van der Waals surface area (Å²) in [6.45, 7) is 6.48. The maximum atomic E-state index is 12.1. The summed E-state index contributed by atoms with van der Waals surface area (Å²) in [6.07, 6.45) is 0. The molecular weight excluding hydrogens is 336 g/mol. The number of thiazole rings is 1. The number of ether oxygens (including phenoxy) is 1. The van der Waals surface area contributed by atoms with Gasteiger partial charge in [0.25, 0.3) is 5.91 Å². The third kappa shape index (κ3) is 3.74. The van der Waals surface area contributed by atoms with E-state index in [2.05, 4.69) is 5.32 Å². The monoisotopic (exact) mass is 356 g/mol. The van der Waals surface area contributed by atoms with Gasteiger partial charge in [-0.05, 0) is 50.6 Å². The molecule has 6 heteroatoms. The zero-order chi connectivity index (χ0) is 18.0. The number of fused-ring (bicyclic) bond motifs is 1. The van der Waals surface area contributed by atoms with E-state index in [4.69, 9.17) is 4.74 Å². The lowest BCUT2D eigenvalue weighted by molar-refractivity contribution is -0.118. The van der Waals surface area contributed by atoms with Gasteiger partial charge >= 0.3 is 4.87 Å². The minimum Gasteiger partial charge on any atom is -0.483 e. The van der Waals surface area contributed by atoms with E-state index in [1.807, 2.05) is 51.1 Å². The molecule has 1 N–H and O–H groups in total. The van der Waals surface area contributed by atoms with Crippen molar-refractivity contribution in [2.45, 2.75) is 27.3 Å². The molecule has 1 amide bonds. The van der Waals surface area contributed by atoms with Gasteiger partial charge in [-0.15, -0.1) is 0 Å². The Hall–Kier alpha value is -2.60. The molecule has 1 aromatic heterocycles. The summed E-state index contributed by atoms with van der Waals surface area (Å²) >= 11 is 1.18. The van der Waals surface area contributed by atoms with Crippen LogP contribution >= 0.6 is 11.3 Å². The van der Waals surface area contributed by atoms with Crippen LogP contribution in [0.15, 0.2) is 41.2 Å². The van der Waals surface area contributed by atoms with Gasteiger partial charge in [-0.25, -0.2) is 0 Å². The minimum absolute atomic E-state index is 0.0131. The van der Waals surface area contributed by atoms with Crippen molar-refractivity contribution in [1.82, 2.24) is 4.57 Å². The molecule has 3 aromatic rings. The van der Waals surface area contributed by atoms with E-state index >= 15 is 0 Å². The standard InChI is InChI=1S/C19H20N2O3S/c1-4-21-15-7-6-14(10-17(15)25-19(21)23)20-18(22)11-24-16-8-5-12(2)9-13(16)3/h5-10H,4,11H2,1-3H3,(H,20,22). The summed E-state index contributed by atoms with van der Waals surface area (Å²) in [6, 6.07) is 11.3. The molecule has 0 radical (unpaired) electrons. The first-order valence-electron chi connectivity index (χ1n) is 8.11. The van der Waals surface area contributed by atoms with Crippen LogP contribution in [0, 0.1) is 13.8 Å². The number of hydrogen-bond donors (Lipinski definition) is 1. The third-order valence-corrected chi connectivity index (χ3v) is 4.90. The van der Waals surface area contributed by atoms with Crippen molar-refractivity contribution >= 4 is 33.1 Å². The summed E-state index contributed by atoms with van der Waals surface area (Å²) in [5, 5.41) is 2.81. The van der Waals surface area contributed by atoms with Crippen molar-refractivity contribution in [3.63, 3.8) is 0 Å². The number of aromatic nitrogens is 1. The van der Waals surface area contributed by atoms with Crippen LogP contribution < -0.4 is 14.9 Å². The zero-order valence-electron chi connectivity index (χ0n) is 14.5. The van der Waals surface area contributed by atoms with E-state index in [1.165, 1.54) is 11.3 Å². The Labute approximate surface area is 149 Å². The Bertz CT molecular complexity index is 988. The van der Waals surface area contributed by atoms with E-state index in [9.17, 15) is 9.59 Å². The highest BCUT2D eigenvalue weighted by Crippen LogP contribution is 2.22. The predicted octanol–water partition coefficient (Wildman–Crippen LogP) is 3.72. The van der Waals surface area contributed by atoms with Crippen LogP contribution in [0.1, 0.15) is 18.1 Å². The van der Waals surface area contributed by atoms with Crippen molar-refractivity contribution in [3.05, 3.63) is 57.2 Å². The van der Waals surface area contributed by atoms with Gasteiger partial charge in [0, 0.05) is 12.2 Å². The number of hydrogen-bond acceptors (Lipinski definition) is 4. The highest BCUT2D eigenvalue weighted by Gasteiger charge is 2.09. The molecule has 0 aliphatic carbocycles. The quantitative estimate of drug-likeness (QED) is 0.758. The number of amides is 1. The van der Waals surface area contributed by atoms with Gasteiger partial charge in [0.05, 0.1) is 10.2 Å². The van der Waals surface area contributed by atoms with Gasteiger partial charge in [0.15, 0.2) is 6.61 Å². The molecule has 0 saturated heterocycles. The summed E-state index contributed by atoms with van der Waals surface area (Å²) in [4.78, 5) is 24.0. The van der Waals surface area contributed by atoms with Gasteiger partial charge in [-0.3, -0.25) is 14.2 Å². The van der Waals surface area contributed by atoms with Crippen LogP contribution in [0.3, 0.4) is 0 Å². The molecule has 0 atom stereocenters. The number of nitrogens with one attached hydrogen (secondary N) is 1. The smallest absolute Gasteiger partial charge is 0.308 e. The van der Waals surface area contributed by atoms with Crippen molar-refractivity contribution in [3.8, 4) is 5.75 Å². The van der Waals surface area contributed by atoms with Gasteiger partial charge in [-0.2, -0.15) is 0 Å². The average Bonchev–Trinajstić information content (AvgIpc) is 2.88. The van der Waals surface area contributed by atoms with Crippen LogP contribution in [-0.4, -0.2) is 17.1 Å². The van der Waals surface area contributed by atoms with Crippen molar-refractivity contribution in [1.29, 1.82) is 0 Å². The van der Waals surface area contributed by atoms with Gasteiger partial charge in [0.2, 0.25) is 0 Å². The number of aryl methyl sites for hydroxylation is 3. The van der Waals surface area contributed by atoms with Crippen LogP contribution in [0.25, 0.3) is 10.2 Å². The van der Waals surface area contributed by atoms with E-state index in [-0.39, 0.29) is 17.4 Å². The summed E-state index contributed by atoms with van der Waals surface area (Å²) < 4.78 is 8.17. The van der Waals surface area contributed by atoms with E-state index in [1.54, 1.807) is 10.6 Å². The fourth-order valence-corrected chi connectivity index (χ4v) is 3.74. The number of carbonyl (C=O) groups excluding carboxylic acids is 1. The lowest BCUT2D eigenvalue weighted by Gasteiger charge is -2.10. The number of benzene rings is 2. The third-order valence-electron chi connectivity index (χ3n) is 3.96. The second-order valence-corrected chi connectivity index (χ2v) is 6.89. The number of nitrogens with zero attached hydrogens (tertiary/aromatic N) is 1. The van der Waals surface area contributed by atoms with E-state index in [0.29, 0.717) is 18.0 Å². The predicted molar refractivity (Wildman–Crippen MR) is 102 cm³/mol. The number of anilines is 1. The Morgan fingerprint density at radius 1 is 1.20 bits per heavy atom. The Morgan fingerprint density at radius 2 is 2.00 bits per heavy atom. The lowest BCUT2D eigenvalue weighted by Crippen LogP contribution is -2.20. The minimum atomic E-state index is -0.235. The molecule has 0 unspecified atom stereocenters. The summed E-state index contributed by atoms with van der Waals surface area (Å²) in [5.74, 6) is 0.469. The largest absolute Gasteiger partial charge is 0.483 e. The fourth-order valence-electron chi connectivity index (χ4n) is 2.75. The van der Waals surface area contributed by atoms with Crippen LogP contribution in [0.4, 0.5) is 5.69 Å². The topological polar surface area (TPSA) is 60.3 Å². The molecule has 0 bridgehead atoms. The summed E-state index contributed by atoms with van der Waals surface area (Å²) in [7, 11) is 0. The zero-order valence-corrected chi connectivity index (χ0v) is 15.3. The highest BCUT2D eigenvalue weighted by molar-refractivity contribution is 7.16. The second kappa shape index (κ2) is 7.11.